The summed E-state index contributed by atoms with van der Waals surface area (Å²) < 4.78 is 18.2. The molecule has 0 saturated carbocycles. The zero-order valence-corrected chi connectivity index (χ0v) is 19.0. The Morgan fingerprint density at radius 3 is 2.41 bits per heavy atom. The maximum absolute atomic E-state index is 13.1. The molecule has 7 heteroatoms. The second-order valence-corrected chi connectivity index (χ2v) is 8.60. The third-order valence-electron chi connectivity index (χ3n) is 6.05. The van der Waals surface area contributed by atoms with E-state index in [4.69, 9.17) is 4.74 Å². The number of hydrogen-bond acceptors (Lipinski definition) is 4. The number of β-amino-alcohol motifs (C(OH)–C–C–N with tert-alkyl or cyclic N) is 1. The molecule has 0 spiro atoms. The van der Waals surface area contributed by atoms with Gasteiger partial charge in [-0.15, -0.1) is 0 Å². The van der Waals surface area contributed by atoms with Crippen LogP contribution in [-0.4, -0.2) is 61.3 Å². The number of nitrogens with one attached hydrogen (secondary N) is 1. The number of ether oxygens (including phenoxy) is 1. The van der Waals surface area contributed by atoms with Gasteiger partial charge in [0.1, 0.15) is 5.82 Å². The topological polar surface area (TPSA) is 65.0 Å². The van der Waals surface area contributed by atoms with Crippen molar-refractivity contribution in [3.63, 3.8) is 0 Å². The maximum Gasteiger partial charge on any atom is 0.317 e. The van der Waals surface area contributed by atoms with Gasteiger partial charge in [-0.05, 0) is 60.7 Å². The number of aliphatic hydroxyl groups is 1. The van der Waals surface area contributed by atoms with Gasteiger partial charge in [-0.1, -0.05) is 36.4 Å². The molecule has 1 heterocycles. The number of hydrogen-bond donors (Lipinski definition) is 2. The highest BCUT2D eigenvalue weighted by Crippen LogP contribution is 2.21. The number of benzene rings is 2. The minimum atomic E-state index is -0.621. The van der Waals surface area contributed by atoms with Gasteiger partial charge < -0.3 is 25.0 Å². The smallest absolute Gasteiger partial charge is 0.317 e. The Kier molecular flexibility index (Phi) is 9.02. The third-order valence-corrected chi connectivity index (χ3v) is 6.05. The number of piperidine rings is 1. The van der Waals surface area contributed by atoms with Crippen molar-refractivity contribution < 1.29 is 19.0 Å². The van der Waals surface area contributed by atoms with Crippen molar-refractivity contribution >= 4 is 6.03 Å². The van der Waals surface area contributed by atoms with Crippen molar-refractivity contribution in [2.45, 2.75) is 32.1 Å². The van der Waals surface area contributed by atoms with Crippen molar-refractivity contribution in [2.24, 2.45) is 5.92 Å². The Bertz CT molecular complexity index is 837. The fourth-order valence-corrected chi connectivity index (χ4v) is 4.09. The van der Waals surface area contributed by atoms with Crippen LogP contribution in [0.4, 0.5) is 9.18 Å². The third kappa shape index (κ3) is 7.29. The van der Waals surface area contributed by atoms with Crippen LogP contribution in [0.3, 0.4) is 0 Å². The van der Waals surface area contributed by atoms with E-state index < -0.39 is 6.10 Å². The van der Waals surface area contributed by atoms with E-state index in [0.29, 0.717) is 32.2 Å². The van der Waals surface area contributed by atoms with Crippen LogP contribution in [0.1, 0.15) is 35.6 Å². The summed E-state index contributed by atoms with van der Waals surface area (Å²) in [5.41, 5.74) is 2.90. The van der Waals surface area contributed by atoms with Gasteiger partial charge in [0.25, 0.3) is 0 Å². The van der Waals surface area contributed by atoms with Crippen LogP contribution in [0, 0.1) is 11.7 Å². The molecule has 0 radical (unpaired) electrons. The summed E-state index contributed by atoms with van der Waals surface area (Å²) in [6.45, 7) is 4.10. The van der Waals surface area contributed by atoms with Crippen molar-refractivity contribution in [2.75, 3.05) is 40.3 Å². The summed E-state index contributed by atoms with van der Waals surface area (Å²) in [7, 11) is 3.51. The molecule has 1 atom stereocenters. The molecule has 2 amide bonds. The van der Waals surface area contributed by atoms with Gasteiger partial charge in [0.2, 0.25) is 0 Å². The number of carbonyl (C=O) groups is 1. The predicted octanol–water partition coefficient (Wildman–Crippen LogP) is 3.56. The predicted molar refractivity (Wildman–Crippen MR) is 123 cm³/mol. The number of aliphatic hydroxyl groups excluding tert-OH is 1. The van der Waals surface area contributed by atoms with E-state index in [-0.39, 0.29) is 11.8 Å². The van der Waals surface area contributed by atoms with Gasteiger partial charge in [-0.25, -0.2) is 9.18 Å². The lowest BCUT2D eigenvalue weighted by Gasteiger charge is -2.34. The first kappa shape index (κ1) is 24.2. The maximum atomic E-state index is 13.1. The lowest BCUT2D eigenvalue weighted by atomic mass is 9.95. The molecule has 2 aromatic rings. The first-order chi connectivity index (χ1) is 15.4. The van der Waals surface area contributed by atoms with Gasteiger partial charge in [0, 0.05) is 33.8 Å². The summed E-state index contributed by atoms with van der Waals surface area (Å²) in [4.78, 5) is 16.5. The van der Waals surface area contributed by atoms with Crippen LogP contribution in [0.2, 0.25) is 0 Å². The van der Waals surface area contributed by atoms with E-state index in [1.54, 1.807) is 24.1 Å². The Labute approximate surface area is 190 Å². The number of carbonyl (C=O) groups excluding carboxylic acids is 1. The minimum Gasteiger partial charge on any atom is -0.387 e. The lowest BCUT2D eigenvalue weighted by molar-refractivity contribution is 0.0847. The number of halogens is 1. The van der Waals surface area contributed by atoms with E-state index in [2.05, 4.69) is 10.2 Å². The molecular weight excluding hydrogens is 409 g/mol. The quantitative estimate of drug-likeness (QED) is 0.622. The first-order valence-electron chi connectivity index (χ1n) is 11.2. The lowest BCUT2D eigenvalue weighted by Crippen LogP contribution is -2.43. The molecule has 32 heavy (non-hydrogen) atoms. The van der Waals surface area contributed by atoms with Crippen LogP contribution in [0.5, 0.6) is 0 Å². The molecule has 1 fully saturated rings. The molecule has 0 aliphatic carbocycles. The second-order valence-electron chi connectivity index (χ2n) is 8.60. The number of nitrogens with zero attached hydrogens (tertiary/aromatic N) is 2. The monoisotopic (exact) mass is 443 g/mol. The highest BCUT2D eigenvalue weighted by Gasteiger charge is 2.23. The summed E-state index contributed by atoms with van der Waals surface area (Å²) in [6.07, 6.45) is 1.34. The molecule has 1 aliphatic rings. The summed E-state index contributed by atoms with van der Waals surface area (Å²) in [5.74, 6) is 0.146. The fourth-order valence-electron chi connectivity index (χ4n) is 4.09. The molecule has 0 aromatic heterocycles. The average molecular weight is 444 g/mol. The molecule has 0 bridgehead atoms. The van der Waals surface area contributed by atoms with Crippen molar-refractivity contribution in [3.05, 3.63) is 71.0 Å². The number of methoxy groups -OCH3 is 1. The normalized spacial score (nSPS) is 16.0. The number of urea groups is 1. The van der Waals surface area contributed by atoms with Gasteiger partial charge in [-0.3, -0.25) is 0 Å². The van der Waals surface area contributed by atoms with E-state index in [0.717, 1.165) is 42.6 Å². The van der Waals surface area contributed by atoms with E-state index in [9.17, 15) is 14.3 Å². The van der Waals surface area contributed by atoms with Crippen LogP contribution in [0.15, 0.2) is 48.5 Å². The Hall–Kier alpha value is -2.48. The zero-order chi connectivity index (χ0) is 22.9. The van der Waals surface area contributed by atoms with Gasteiger partial charge in [0.05, 0.1) is 12.7 Å². The molecule has 1 saturated heterocycles. The minimum absolute atomic E-state index is 0.0693. The number of amides is 2. The highest BCUT2D eigenvalue weighted by molar-refractivity contribution is 5.73. The van der Waals surface area contributed by atoms with Gasteiger partial charge in [0.15, 0.2) is 0 Å². The Balaban J connectivity index is 1.36. The molecule has 1 unspecified atom stereocenters. The van der Waals surface area contributed by atoms with Crippen molar-refractivity contribution in [1.82, 2.24) is 15.1 Å². The standard InChI is InChI=1S/C25H34FN3O3/c1-28(25(31)27-15-19-3-5-21(6-4-19)18-32-2)16-20-11-13-29(14-12-20)17-24(30)22-7-9-23(26)10-8-22/h3-10,20,24,30H,11-18H2,1-2H3,(H,27,31). The molecule has 174 valence electrons. The first-order valence-corrected chi connectivity index (χ1v) is 11.2. The van der Waals surface area contributed by atoms with Crippen LogP contribution < -0.4 is 5.32 Å². The summed E-state index contributed by atoms with van der Waals surface area (Å²) in [5, 5.41) is 13.4. The fraction of sp³-hybridized carbons (Fsp3) is 0.480. The number of rotatable bonds is 9. The van der Waals surface area contributed by atoms with Gasteiger partial charge in [-0.2, -0.15) is 0 Å². The van der Waals surface area contributed by atoms with Crippen LogP contribution in [-0.2, 0) is 17.9 Å². The largest absolute Gasteiger partial charge is 0.387 e. The molecule has 6 nitrogen and oxygen atoms in total. The highest BCUT2D eigenvalue weighted by atomic mass is 19.1. The van der Waals surface area contributed by atoms with Crippen LogP contribution >= 0.6 is 0 Å². The van der Waals surface area contributed by atoms with Crippen molar-refractivity contribution in [3.8, 4) is 0 Å². The molecule has 2 aromatic carbocycles. The Morgan fingerprint density at radius 1 is 1.16 bits per heavy atom. The van der Waals surface area contributed by atoms with Crippen LogP contribution in [0.25, 0.3) is 0 Å². The van der Waals surface area contributed by atoms with E-state index >= 15 is 0 Å². The SMILES string of the molecule is COCc1ccc(CNC(=O)N(C)CC2CCN(CC(O)c3ccc(F)cc3)CC2)cc1. The van der Waals surface area contributed by atoms with Gasteiger partial charge >= 0.3 is 6.03 Å². The second kappa shape index (κ2) is 11.9. The zero-order valence-electron chi connectivity index (χ0n) is 19.0. The van der Waals surface area contributed by atoms with E-state index in [1.165, 1.54) is 12.1 Å². The van der Waals surface area contributed by atoms with Crippen molar-refractivity contribution in [1.29, 1.82) is 0 Å². The molecule has 1 aliphatic heterocycles. The average Bonchev–Trinajstić information content (AvgIpc) is 2.80. The van der Waals surface area contributed by atoms with E-state index in [1.807, 2.05) is 31.3 Å². The molecular formula is C25H34FN3O3. The summed E-state index contributed by atoms with van der Waals surface area (Å²) in [6, 6.07) is 14.0. The Morgan fingerprint density at radius 2 is 1.78 bits per heavy atom. The number of likely N-dealkylation sites (tertiary alicyclic amines) is 1. The summed E-state index contributed by atoms with van der Waals surface area (Å²) >= 11 is 0. The molecule has 3 rings (SSSR count). The molecule has 2 N–H and O–H groups in total.